The zero-order valence-electron chi connectivity index (χ0n) is 10.2. The number of halogens is 1. The normalized spacial score (nSPS) is 19.5. The van der Waals surface area contributed by atoms with E-state index in [1.807, 2.05) is 12.1 Å². The van der Waals surface area contributed by atoms with E-state index in [1.54, 1.807) is 0 Å². The van der Waals surface area contributed by atoms with Crippen molar-refractivity contribution in [3.63, 3.8) is 0 Å². The van der Waals surface area contributed by atoms with Crippen molar-refractivity contribution >= 4 is 27.3 Å². The van der Waals surface area contributed by atoms with Crippen molar-refractivity contribution in [3.8, 4) is 0 Å². The van der Waals surface area contributed by atoms with Crippen molar-refractivity contribution in [2.24, 2.45) is 0 Å². The molecule has 94 valence electrons. The summed E-state index contributed by atoms with van der Waals surface area (Å²) in [6, 6.07) is 5.99. The van der Waals surface area contributed by atoms with Gasteiger partial charge >= 0.3 is 0 Å². The summed E-state index contributed by atoms with van der Waals surface area (Å²) in [5.41, 5.74) is 7.96. The molecule has 0 spiro atoms. The van der Waals surface area contributed by atoms with Crippen LogP contribution < -0.4 is 10.6 Å². The molecule has 0 aliphatic carbocycles. The zero-order chi connectivity index (χ0) is 12.3. The van der Waals surface area contributed by atoms with Crippen LogP contribution >= 0.6 is 15.9 Å². The SMILES string of the molecule is CCN(CC1CCCO1)c1cc(Br)ccc1N. The van der Waals surface area contributed by atoms with Gasteiger partial charge in [0.2, 0.25) is 0 Å². The molecule has 1 aromatic rings. The van der Waals surface area contributed by atoms with Crippen molar-refractivity contribution in [1.82, 2.24) is 0 Å². The number of ether oxygens (including phenoxy) is 1. The lowest BCUT2D eigenvalue weighted by Crippen LogP contribution is -2.32. The molecule has 0 bridgehead atoms. The molecule has 1 aromatic carbocycles. The Labute approximate surface area is 111 Å². The summed E-state index contributed by atoms with van der Waals surface area (Å²) >= 11 is 3.49. The maximum absolute atomic E-state index is 6.04. The molecule has 1 heterocycles. The zero-order valence-corrected chi connectivity index (χ0v) is 11.7. The van der Waals surface area contributed by atoms with Gasteiger partial charge in [0.05, 0.1) is 17.5 Å². The summed E-state index contributed by atoms with van der Waals surface area (Å²) in [5, 5.41) is 0. The lowest BCUT2D eigenvalue weighted by Gasteiger charge is -2.27. The van der Waals surface area contributed by atoms with Crippen LogP contribution in [0.5, 0.6) is 0 Å². The molecular formula is C13H19BrN2O. The first-order valence-corrected chi connectivity index (χ1v) is 6.91. The number of nitrogens with zero attached hydrogens (tertiary/aromatic N) is 1. The summed E-state index contributed by atoms with van der Waals surface area (Å²) in [4.78, 5) is 2.29. The van der Waals surface area contributed by atoms with Crippen LogP contribution in [0.2, 0.25) is 0 Å². The Kier molecular flexibility index (Phi) is 4.29. The van der Waals surface area contributed by atoms with Crippen LogP contribution in [0.3, 0.4) is 0 Å². The number of nitrogens with two attached hydrogens (primary N) is 1. The van der Waals surface area contributed by atoms with Crippen LogP contribution in [0.4, 0.5) is 11.4 Å². The molecule has 1 fully saturated rings. The number of rotatable bonds is 4. The fourth-order valence-electron chi connectivity index (χ4n) is 2.22. The molecule has 0 aromatic heterocycles. The fraction of sp³-hybridized carbons (Fsp3) is 0.538. The molecule has 1 atom stereocenters. The molecular weight excluding hydrogens is 280 g/mol. The van der Waals surface area contributed by atoms with Gasteiger partial charge in [0.1, 0.15) is 0 Å². The number of nitrogen functional groups attached to an aromatic ring is 1. The molecule has 1 unspecified atom stereocenters. The summed E-state index contributed by atoms with van der Waals surface area (Å²) < 4.78 is 6.75. The standard InChI is InChI=1S/C13H19BrN2O/c1-2-16(9-11-4-3-7-17-11)13-8-10(14)5-6-12(13)15/h5-6,8,11H,2-4,7,9,15H2,1H3. The summed E-state index contributed by atoms with van der Waals surface area (Å²) in [6.45, 7) is 4.92. The molecule has 2 N–H and O–H groups in total. The van der Waals surface area contributed by atoms with Gasteiger partial charge in [-0.3, -0.25) is 0 Å². The van der Waals surface area contributed by atoms with Crippen LogP contribution in [-0.2, 0) is 4.74 Å². The van der Waals surface area contributed by atoms with Crippen molar-refractivity contribution in [1.29, 1.82) is 0 Å². The molecule has 17 heavy (non-hydrogen) atoms. The number of hydrogen-bond acceptors (Lipinski definition) is 3. The molecule has 4 heteroatoms. The molecule has 1 aliphatic heterocycles. The Hall–Kier alpha value is -0.740. The van der Waals surface area contributed by atoms with Gasteiger partial charge in [0.15, 0.2) is 0 Å². The lowest BCUT2D eigenvalue weighted by atomic mass is 10.2. The van der Waals surface area contributed by atoms with Crippen LogP contribution in [0.25, 0.3) is 0 Å². The molecule has 0 radical (unpaired) electrons. The van der Waals surface area contributed by atoms with Gasteiger partial charge in [0, 0.05) is 24.2 Å². The highest BCUT2D eigenvalue weighted by Crippen LogP contribution is 2.28. The fourth-order valence-corrected chi connectivity index (χ4v) is 2.57. The predicted octanol–water partition coefficient (Wildman–Crippen LogP) is 3.04. The molecule has 0 amide bonds. The first-order chi connectivity index (χ1) is 8.20. The van der Waals surface area contributed by atoms with Crippen LogP contribution in [0.1, 0.15) is 19.8 Å². The highest BCUT2D eigenvalue weighted by atomic mass is 79.9. The van der Waals surface area contributed by atoms with Crippen LogP contribution in [0.15, 0.2) is 22.7 Å². The average Bonchev–Trinajstić information content (AvgIpc) is 2.82. The topological polar surface area (TPSA) is 38.5 Å². The molecule has 0 saturated carbocycles. The van der Waals surface area contributed by atoms with Crippen LogP contribution in [0, 0.1) is 0 Å². The predicted molar refractivity (Wildman–Crippen MR) is 75.4 cm³/mol. The summed E-state index contributed by atoms with van der Waals surface area (Å²) in [5.74, 6) is 0. The highest BCUT2D eigenvalue weighted by molar-refractivity contribution is 9.10. The van der Waals surface area contributed by atoms with Crippen molar-refractivity contribution in [2.75, 3.05) is 30.3 Å². The average molecular weight is 299 g/mol. The first kappa shape index (κ1) is 12.7. The number of benzene rings is 1. The van der Waals surface area contributed by atoms with Gasteiger partial charge in [0.25, 0.3) is 0 Å². The Morgan fingerprint density at radius 1 is 1.53 bits per heavy atom. The number of hydrogen-bond donors (Lipinski definition) is 1. The summed E-state index contributed by atoms with van der Waals surface area (Å²) in [7, 11) is 0. The van der Waals surface area contributed by atoms with Crippen molar-refractivity contribution in [3.05, 3.63) is 22.7 Å². The quantitative estimate of drug-likeness (QED) is 0.869. The molecule has 2 rings (SSSR count). The Morgan fingerprint density at radius 3 is 3.00 bits per heavy atom. The minimum absolute atomic E-state index is 0.355. The van der Waals surface area contributed by atoms with Gasteiger partial charge < -0.3 is 15.4 Å². The third-order valence-corrected chi connectivity index (χ3v) is 3.66. The van der Waals surface area contributed by atoms with Gasteiger partial charge in [-0.2, -0.15) is 0 Å². The largest absolute Gasteiger partial charge is 0.397 e. The monoisotopic (exact) mass is 298 g/mol. The van der Waals surface area contributed by atoms with Gasteiger partial charge in [-0.15, -0.1) is 0 Å². The highest BCUT2D eigenvalue weighted by Gasteiger charge is 2.19. The maximum Gasteiger partial charge on any atom is 0.0750 e. The Balaban J connectivity index is 2.13. The second-order valence-electron chi connectivity index (χ2n) is 4.38. The second kappa shape index (κ2) is 5.74. The van der Waals surface area contributed by atoms with E-state index in [4.69, 9.17) is 10.5 Å². The minimum Gasteiger partial charge on any atom is -0.397 e. The minimum atomic E-state index is 0.355. The molecule has 3 nitrogen and oxygen atoms in total. The van der Waals surface area contributed by atoms with E-state index in [-0.39, 0.29) is 0 Å². The van der Waals surface area contributed by atoms with E-state index in [9.17, 15) is 0 Å². The van der Waals surface area contributed by atoms with Gasteiger partial charge in [-0.05, 0) is 38.0 Å². The van der Waals surface area contributed by atoms with E-state index in [2.05, 4.69) is 33.8 Å². The Bertz CT molecular complexity index is 378. The van der Waals surface area contributed by atoms with E-state index < -0.39 is 0 Å². The lowest BCUT2D eigenvalue weighted by molar-refractivity contribution is 0.116. The van der Waals surface area contributed by atoms with Gasteiger partial charge in [-0.1, -0.05) is 15.9 Å². The van der Waals surface area contributed by atoms with E-state index >= 15 is 0 Å². The maximum atomic E-state index is 6.04. The van der Waals surface area contributed by atoms with E-state index in [0.29, 0.717) is 6.10 Å². The third kappa shape index (κ3) is 3.13. The van der Waals surface area contributed by atoms with Crippen molar-refractivity contribution < 1.29 is 4.74 Å². The van der Waals surface area contributed by atoms with Crippen molar-refractivity contribution in [2.45, 2.75) is 25.9 Å². The molecule has 1 aliphatic rings. The smallest absolute Gasteiger partial charge is 0.0750 e. The molecule has 1 saturated heterocycles. The van der Waals surface area contributed by atoms with Crippen LogP contribution in [-0.4, -0.2) is 25.8 Å². The van der Waals surface area contributed by atoms with E-state index in [1.165, 1.54) is 6.42 Å². The first-order valence-electron chi connectivity index (χ1n) is 6.12. The second-order valence-corrected chi connectivity index (χ2v) is 5.29. The van der Waals surface area contributed by atoms with Gasteiger partial charge in [-0.25, -0.2) is 0 Å². The Morgan fingerprint density at radius 2 is 2.35 bits per heavy atom. The number of anilines is 2. The summed E-state index contributed by atoms with van der Waals surface area (Å²) in [6.07, 6.45) is 2.69. The van der Waals surface area contributed by atoms with E-state index in [0.717, 1.165) is 42.0 Å². The number of likely N-dealkylation sites (N-methyl/N-ethyl adjacent to an activating group) is 1. The third-order valence-electron chi connectivity index (χ3n) is 3.16.